The molecule has 0 aliphatic rings. The van der Waals surface area contributed by atoms with Crippen LogP contribution in [0, 0.1) is 0 Å². The van der Waals surface area contributed by atoms with Gasteiger partial charge in [0.1, 0.15) is 5.75 Å². The van der Waals surface area contributed by atoms with E-state index in [2.05, 4.69) is 17.1 Å². The molecule has 106 valence electrons. The molecular weight excluding hydrogens is 260 g/mol. The van der Waals surface area contributed by atoms with E-state index in [1.807, 2.05) is 55.6 Å². The summed E-state index contributed by atoms with van der Waals surface area (Å²) in [6.45, 7) is 2.00. The van der Waals surface area contributed by atoms with E-state index in [1.54, 1.807) is 7.11 Å². The van der Waals surface area contributed by atoms with Crippen molar-refractivity contribution in [3.63, 3.8) is 0 Å². The number of nitrogens with two attached hydrogens (primary N) is 1. The molecule has 0 aliphatic heterocycles. The molecule has 3 nitrogen and oxygen atoms in total. The minimum absolute atomic E-state index is 0.594. The first-order valence-electron chi connectivity index (χ1n) is 6.90. The van der Waals surface area contributed by atoms with Crippen LogP contribution in [0.25, 0.3) is 10.9 Å². The second kappa shape index (κ2) is 5.19. The first-order valence-corrected chi connectivity index (χ1v) is 6.90. The number of rotatable bonds is 3. The molecule has 3 rings (SSSR count). The third-order valence-electron chi connectivity index (χ3n) is 3.88. The second-order valence-electron chi connectivity index (χ2n) is 5.35. The van der Waals surface area contributed by atoms with Gasteiger partial charge in [0, 0.05) is 11.6 Å². The molecule has 0 bridgehead atoms. The zero-order chi connectivity index (χ0) is 14.9. The zero-order valence-corrected chi connectivity index (χ0v) is 12.2. The predicted octanol–water partition coefficient (Wildman–Crippen LogP) is 3.47. The molecule has 0 saturated carbocycles. The lowest BCUT2D eigenvalue weighted by molar-refractivity contribution is 0.414. The van der Waals surface area contributed by atoms with Crippen LogP contribution >= 0.6 is 0 Å². The molecule has 0 aliphatic carbocycles. The lowest BCUT2D eigenvalue weighted by atomic mass is 9.86. The summed E-state index contributed by atoms with van der Waals surface area (Å²) in [6.07, 6.45) is 1.85. The van der Waals surface area contributed by atoms with Crippen molar-refractivity contribution in [2.45, 2.75) is 12.5 Å². The van der Waals surface area contributed by atoms with E-state index in [0.717, 1.165) is 27.8 Å². The van der Waals surface area contributed by atoms with Gasteiger partial charge in [-0.1, -0.05) is 30.3 Å². The van der Waals surface area contributed by atoms with Crippen LogP contribution in [-0.2, 0) is 5.54 Å². The average molecular weight is 278 g/mol. The number of hydrogen-bond donors (Lipinski definition) is 1. The Bertz CT molecular complexity index is 764. The Morgan fingerprint density at radius 3 is 2.43 bits per heavy atom. The van der Waals surface area contributed by atoms with E-state index >= 15 is 0 Å². The van der Waals surface area contributed by atoms with E-state index in [9.17, 15) is 0 Å². The number of nitrogens with zero attached hydrogens (tertiary/aromatic N) is 1. The van der Waals surface area contributed by atoms with Crippen molar-refractivity contribution in [2.24, 2.45) is 5.73 Å². The van der Waals surface area contributed by atoms with Gasteiger partial charge in [-0.15, -0.1) is 0 Å². The highest BCUT2D eigenvalue weighted by Gasteiger charge is 2.24. The molecule has 0 saturated heterocycles. The summed E-state index contributed by atoms with van der Waals surface area (Å²) in [7, 11) is 1.66. The summed E-state index contributed by atoms with van der Waals surface area (Å²) in [5.41, 5.74) is 8.97. The third kappa shape index (κ3) is 2.48. The van der Waals surface area contributed by atoms with Gasteiger partial charge in [-0.2, -0.15) is 0 Å². The highest BCUT2D eigenvalue weighted by molar-refractivity contribution is 5.79. The maximum Gasteiger partial charge on any atom is 0.118 e. The molecule has 1 unspecified atom stereocenters. The van der Waals surface area contributed by atoms with Crippen LogP contribution in [0.2, 0.25) is 0 Å². The normalized spacial score (nSPS) is 13.9. The van der Waals surface area contributed by atoms with Crippen LogP contribution in [0.5, 0.6) is 5.75 Å². The van der Waals surface area contributed by atoms with Gasteiger partial charge in [0.15, 0.2) is 0 Å². The van der Waals surface area contributed by atoms with Crippen molar-refractivity contribution in [3.8, 4) is 5.75 Å². The summed E-state index contributed by atoms with van der Waals surface area (Å²) < 4.78 is 5.19. The van der Waals surface area contributed by atoms with Crippen molar-refractivity contribution in [1.82, 2.24) is 4.98 Å². The Kier molecular flexibility index (Phi) is 3.35. The van der Waals surface area contributed by atoms with E-state index in [-0.39, 0.29) is 0 Å². The fraction of sp³-hybridized carbons (Fsp3) is 0.167. The predicted molar refractivity (Wildman–Crippen MR) is 85.4 cm³/mol. The van der Waals surface area contributed by atoms with Gasteiger partial charge in [0.05, 0.1) is 18.2 Å². The third-order valence-corrected chi connectivity index (χ3v) is 3.88. The van der Waals surface area contributed by atoms with Crippen molar-refractivity contribution in [2.75, 3.05) is 7.11 Å². The van der Waals surface area contributed by atoms with Crippen LogP contribution in [0.4, 0.5) is 0 Å². The minimum atomic E-state index is -0.594. The van der Waals surface area contributed by atoms with E-state index in [4.69, 9.17) is 10.5 Å². The molecule has 3 heteroatoms. The summed E-state index contributed by atoms with van der Waals surface area (Å²) >= 11 is 0. The highest BCUT2D eigenvalue weighted by atomic mass is 16.5. The lowest BCUT2D eigenvalue weighted by Crippen LogP contribution is -2.34. The van der Waals surface area contributed by atoms with Gasteiger partial charge in [0.2, 0.25) is 0 Å². The first-order chi connectivity index (χ1) is 10.1. The van der Waals surface area contributed by atoms with E-state index in [1.165, 1.54) is 0 Å². The fourth-order valence-electron chi connectivity index (χ4n) is 2.46. The number of pyridine rings is 1. The number of hydrogen-bond acceptors (Lipinski definition) is 3. The van der Waals surface area contributed by atoms with Crippen molar-refractivity contribution < 1.29 is 4.74 Å². The standard InChI is InChI=1S/C18H18N2O/c1-18(19,14-7-9-16(21-2)10-8-14)15-11-13-5-3-4-6-17(13)20-12-15/h3-12H,19H2,1-2H3. The molecular formula is C18H18N2O. The maximum atomic E-state index is 6.56. The summed E-state index contributed by atoms with van der Waals surface area (Å²) in [5.74, 6) is 0.825. The van der Waals surface area contributed by atoms with Crippen molar-refractivity contribution in [1.29, 1.82) is 0 Å². The quantitative estimate of drug-likeness (QED) is 0.798. The molecule has 1 heterocycles. The smallest absolute Gasteiger partial charge is 0.118 e. The number of aromatic nitrogens is 1. The summed E-state index contributed by atoms with van der Waals surface area (Å²) in [6, 6.07) is 18.0. The molecule has 0 spiro atoms. The Morgan fingerprint density at radius 2 is 1.71 bits per heavy atom. The molecule has 3 aromatic rings. The van der Waals surface area contributed by atoms with Crippen LogP contribution in [0.3, 0.4) is 0 Å². The SMILES string of the molecule is COc1ccc(C(C)(N)c2cnc3ccccc3c2)cc1. The Labute approximate surface area is 124 Å². The zero-order valence-electron chi connectivity index (χ0n) is 12.2. The molecule has 2 N–H and O–H groups in total. The molecule has 21 heavy (non-hydrogen) atoms. The number of ether oxygens (including phenoxy) is 1. The van der Waals surface area contributed by atoms with Crippen molar-refractivity contribution in [3.05, 3.63) is 71.9 Å². The Morgan fingerprint density at radius 1 is 1.00 bits per heavy atom. The monoisotopic (exact) mass is 278 g/mol. The van der Waals surface area contributed by atoms with Gasteiger partial charge in [-0.25, -0.2) is 0 Å². The number of para-hydroxylation sites is 1. The first kappa shape index (κ1) is 13.6. The average Bonchev–Trinajstić information content (AvgIpc) is 2.54. The largest absolute Gasteiger partial charge is 0.497 e. The lowest BCUT2D eigenvalue weighted by Gasteiger charge is -2.26. The van der Waals surface area contributed by atoms with Crippen LogP contribution in [0.1, 0.15) is 18.1 Å². The summed E-state index contributed by atoms with van der Waals surface area (Å²) in [4.78, 5) is 4.50. The Hall–Kier alpha value is -2.39. The molecule has 0 amide bonds. The molecule has 1 aromatic heterocycles. The van der Waals surface area contributed by atoms with Gasteiger partial charge in [-0.05, 0) is 42.3 Å². The molecule has 2 aromatic carbocycles. The number of methoxy groups -OCH3 is 1. The molecule has 1 atom stereocenters. The Balaban J connectivity index is 2.05. The number of fused-ring (bicyclic) bond motifs is 1. The van der Waals surface area contributed by atoms with E-state index in [0.29, 0.717) is 0 Å². The van der Waals surface area contributed by atoms with E-state index < -0.39 is 5.54 Å². The highest BCUT2D eigenvalue weighted by Crippen LogP contribution is 2.29. The van der Waals surface area contributed by atoms with Gasteiger partial charge in [-0.3, -0.25) is 4.98 Å². The van der Waals surface area contributed by atoms with Gasteiger partial charge in [0.25, 0.3) is 0 Å². The molecule has 0 radical (unpaired) electrons. The van der Waals surface area contributed by atoms with Gasteiger partial charge < -0.3 is 10.5 Å². The second-order valence-corrected chi connectivity index (χ2v) is 5.35. The topological polar surface area (TPSA) is 48.1 Å². The minimum Gasteiger partial charge on any atom is -0.497 e. The molecule has 0 fully saturated rings. The van der Waals surface area contributed by atoms with Crippen LogP contribution in [-0.4, -0.2) is 12.1 Å². The van der Waals surface area contributed by atoms with Crippen LogP contribution < -0.4 is 10.5 Å². The number of benzene rings is 2. The van der Waals surface area contributed by atoms with Gasteiger partial charge >= 0.3 is 0 Å². The summed E-state index contributed by atoms with van der Waals surface area (Å²) in [5, 5.41) is 1.10. The maximum absolute atomic E-state index is 6.56. The fourth-order valence-corrected chi connectivity index (χ4v) is 2.46. The van der Waals surface area contributed by atoms with Crippen molar-refractivity contribution >= 4 is 10.9 Å². The van der Waals surface area contributed by atoms with Crippen LogP contribution in [0.15, 0.2) is 60.8 Å².